The van der Waals surface area contributed by atoms with Crippen LogP contribution in [0, 0.1) is 0 Å². The largest absolute Gasteiger partial charge is 0.356 e. The van der Waals surface area contributed by atoms with Crippen molar-refractivity contribution in [1.29, 1.82) is 0 Å². The van der Waals surface area contributed by atoms with Crippen molar-refractivity contribution in [2.45, 2.75) is 13.0 Å². The van der Waals surface area contributed by atoms with E-state index in [0.717, 1.165) is 18.1 Å². The van der Waals surface area contributed by atoms with Crippen LogP contribution >= 0.6 is 11.6 Å². The lowest BCUT2D eigenvalue weighted by atomic mass is 10.2. The Bertz CT molecular complexity index is 877. The van der Waals surface area contributed by atoms with Gasteiger partial charge >= 0.3 is 0 Å². The quantitative estimate of drug-likeness (QED) is 0.520. The van der Waals surface area contributed by atoms with Crippen molar-refractivity contribution < 1.29 is 4.52 Å². The summed E-state index contributed by atoms with van der Waals surface area (Å²) in [6.45, 7) is 1.43. The number of halogens is 1. The van der Waals surface area contributed by atoms with E-state index in [1.807, 2.05) is 37.4 Å². The number of guanidine groups is 1. The molecule has 7 heteroatoms. The summed E-state index contributed by atoms with van der Waals surface area (Å²) in [5, 5.41) is 8.03. The number of benzene rings is 2. The molecule has 0 fully saturated rings. The van der Waals surface area contributed by atoms with E-state index >= 15 is 0 Å². The zero-order valence-corrected chi connectivity index (χ0v) is 16.1. The zero-order valence-electron chi connectivity index (χ0n) is 15.4. The van der Waals surface area contributed by atoms with E-state index in [0.29, 0.717) is 29.7 Å². The van der Waals surface area contributed by atoms with Crippen LogP contribution in [0.5, 0.6) is 0 Å². The fraction of sp³-hybridized carbons (Fsp3) is 0.250. The predicted molar refractivity (Wildman–Crippen MR) is 108 cm³/mol. The Balaban J connectivity index is 1.52. The second-order valence-electron chi connectivity index (χ2n) is 6.08. The van der Waals surface area contributed by atoms with E-state index in [2.05, 4.69) is 37.5 Å². The first-order valence-corrected chi connectivity index (χ1v) is 9.08. The molecule has 0 aliphatic rings. The summed E-state index contributed by atoms with van der Waals surface area (Å²) in [4.78, 5) is 10.8. The molecule has 0 radical (unpaired) electrons. The molecular weight excluding hydrogens is 362 g/mol. The van der Waals surface area contributed by atoms with Crippen LogP contribution in [0.3, 0.4) is 0 Å². The molecule has 27 heavy (non-hydrogen) atoms. The SMILES string of the molecule is CN=C(NCCc1nc(-c2ccc(Cl)cc2)no1)N(C)Cc1ccccc1. The molecule has 1 heterocycles. The fourth-order valence-electron chi connectivity index (χ4n) is 2.67. The fourth-order valence-corrected chi connectivity index (χ4v) is 2.80. The lowest BCUT2D eigenvalue weighted by Gasteiger charge is -2.21. The van der Waals surface area contributed by atoms with Gasteiger partial charge in [0.2, 0.25) is 11.7 Å². The number of hydrogen-bond acceptors (Lipinski definition) is 4. The van der Waals surface area contributed by atoms with Crippen LogP contribution in [0.2, 0.25) is 5.02 Å². The van der Waals surface area contributed by atoms with Crippen molar-refractivity contribution in [2.75, 3.05) is 20.6 Å². The van der Waals surface area contributed by atoms with E-state index in [1.165, 1.54) is 5.56 Å². The van der Waals surface area contributed by atoms with Crippen molar-refractivity contribution in [2.24, 2.45) is 4.99 Å². The number of aliphatic imine (C=N–C) groups is 1. The first-order chi connectivity index (χ1) is 13.2. The van der Waals surface area contributed by atoms with Crippen LogP contribution < -0.4 is 5.32 Å². The molecule has 0 aliphatic carbocycles. The summed E-state index contributed by atoms with van der Waals surface area (Å²) in [6.07, 6.45) is 0.610. The summed E-state index contributed by atoms with van der Waals surface area (Å²) >= 11 is 5.91. The molecule has 1 N–H and O–H groups in total. The van der Waals surface area contributed by atoms with Gasteiger partial charge in [0.15, 0.2) is 5.96 Å². The average molecular weight is 384 g/mol. The lowest BCUT2D eigenvalue weighted by molar-refractivity contribution is 0.377. The van der Waals surface area contributed by atoms with Crippen LogP contribution in [-0.4, -0.2) is 41.6 Å². The maximum absolute atomic E-state index is 5.91. The van der Waals surface area contributed by atoms with Gasteiger partial charge in [0.25, 0.3) is 0 Å². The Hall–Kier alpha value is -2.86. The highest BCUT2D eigenvalue weighted by molar-refractivity contribution is 6.30. The van der Waals surface area contributed by atoms with E-state index in [-0.39, 0.29) is 0 Å². The van der Waals surface area contributed by atoms with Crippen molar-refractivity contribution in [3.05, 3.63) is 71.1 Å². The third-order valence-corrected chi connectivity index (χ3v) is 4.28. The Morgan fingerprint density at radius 3 is 2.59 bits per heavy atom. The molecule has 2 aromatic carbocycles. The van der Waals surface area contributed by atoms with Crippen LogP contribution in [0.25, 0.3) is 11.4 Å². The summed E-state index contributed by atoms with van der Waals surface area (Å²) in [7, 11) is 3.78. The number of hydrogen-bond donors (Lipinski definition) is 1. The van der Waals surface area contributed by atoms with Gasteiger partial charge < -0.3 is 14.7 Å². The number of nitrogens with zero attached hydrogens (tertiary/aromatic N) is 4. The second kappa shape index (κ2) is 9.19. The highest BCUT2D eigenvalue weighted by Crippen LogP contribution is 2.18. The Morgan fingerprint density at radius 1 is 1.15 bits per heavy atom. The van der Waals surface area contributed by atoms with E-state index in [1.54, 1.807) is 19.2 Å². The van der Waals surface area contributed by atoms with Crippen molar-refractivity contribution >= 4 is 17.6 Å². The molecule has 0 atom stereocenters. The van der Waals surface area contributed by atoms with Crippen LogP contribution in [0.4, 0.5) is 0 Å². The van der Waals surface area contributed by atoms with E-state index < -0.39 is 0 Å². The molecule has 6 nitrogen and oxygen atoms in total. The zero-order chi connectivity index (χ0) is 19.1. The molecule has 140 valence electrons. The Kier molecular flexibility index (Phi) is 6.44. The average Bonchev–Trinajstić information content (AvgIpc) is 3.15. The standard InChI is InChI=1S/C20H22ClN5O/c1-22-20(26(2)14-15-6-4-3-5-7-15)23-13-12-18-24-19(25-27-18)16-8-10-17(21)11-9-16/h3-11H,12-14H2,1-2H3,(H,22,23). The maximum atomic E-state index is 5.91. The normalized spacial score (nSPS) is 11.4. The molecule has 0 spiro atoms. The molecular formula is C20H22ClN5O. The topological polar surface area (TPSA) is 66.5 Å². The predicted octanol–water partition coefficient (Wildman–Crippen LogP) is 3.64. The van der Waals surface area contributed by atoms with Gasteiger partial charge in [-0.05, 0) is 29.8 Å². The minimum absolute atomic E-state index is 0.562. The van der Waals surface area contributed by atoms with Gasteiger partial charge in [-0.25, -0.2) is 0 Å². The number of rotatable bonds is 6. The molecule has 1 aromatic heterocycles. The second-order valence-corrected chi connectivity index (χ2v) is 6.52. The lowest BCUT2D eigenvalue weighted by Crippen LogP contribution is -2.39. The van der Waals surface area contributed by atoms with Crippen molar-refractivity contribution in [1.82, 2.24) is 20.4 Å². The summed E-state index contributed by atoms with van der Waals surface area (Å²) in [5.74, 6) is 1.96. The van der Waals surface area contributed by atoms with Gasteiger partial charge in [-0.3, -0.25) is 4.99 Å². The van der Waals surface area contributed by atoms with Crippen LogP contribution in [0.1, 0.15) is 11.5 Å². The summed E-state index contributed by atoms with van der Waals surface area (Å²) < 4.78 is 5.33. The highest BCUT2D eigenvalue weighted by atomic mass is 35.5. The third-order valence-electron chi connectivity index (χ3n) is 4.03. The van der Waals surface area contributed by atoms with Gasteiger partial charge in [-0.15, -0.1) is 0 Å². The molecule has 0 bridgehead atoms. The van der Waals surface area contributed by atoms with Gasteiger partial charge in [0.05, 0.1) is 0 Å². The van der Waals surface area contributed by atoms with Crippen molar-refractivity contribution in [3.8, 4) is 11.4 Å². The molecule has 0 aliphatic heterocycles. The molecule has 0 unspecified atom stereocenters. The Morgan fingerprint density at radius 2 is 1.89 bits per heavy atom. The van der Waals surface area contributed by atoms with E-state index in [9.17, 15) is 0 Å². The number of nitrogens with one attached hydrogen (secondary N) is 1. The van der Waals surface area contributed by atoms with Gasteiger partial charge in [-0.2, -0.15) is 4.98 Å². The molecule has 3 rings (SSSR count). The first-order valence-electron chi connectivity index (χ1n) is 8.70. The van der Waals surface area contributed by atoms with Gasteiger partial charge in [0.1, 0.15) is 0 Å². The van der Waals surface area contributed by atoms with E-state index in [4.69, 9.17) is 16.1 Å². The highest BCUT2D eigenvalue weighted by Gasteiger charge is 2.10. The third kappa shape index (κ3) is 5.31. The summed E-state index contributed by atoms with van der Waals surface area (Å²) in [6, 6.07) is 17.6. The first kappa shape index (κ1) is 18.9. The molecule has 0 saturated carbocycles. The minimum atomic E-state index is 0.562. The van der Waals surface area contributed by atoms with Gasteiger partial charge in [-0.1, -0.05) is 47.1 Å². The Labute approximate surface area is 163 Å². The molecule has 0 saturated heterocycles. The smallest absolute Gasteiger partial charge is 0.228 e. The monoisotopic (exact) mass is 383 g/mol. The molecule has 0 amide bonds. The van der Waals surface area contributed by atoms with Crippen LogP contribution in [0.15, 0.2) is 64.1 Å². The summed E-state index contributed by atoms with van der Waals surface area (Å²) in [5.41, 5.74) is 2.10. The number of aromatic nitrogens is 2. The minimum Gasteiger partial charge on any atom is -0.356 e. The molecule has 3 aromatic rings. The maximum Gasteiger partial charge on any atom is 0.228 e. The van der Waals surface area contributed by atoms with Crippen LogP contribution in [-0.2, 0) is 13.0 Å². The van der Waals surface area contributed by atoms with Crippen molar-refractivity contribution in [3.63, 3.8) is 0 Å². The van der Waals surface area contributed by atoms with Gasteiger partial charge in [0, 0.05) is 44.2 Å².